The molecule has 0 aromatic heterocycles. The van der Waals surface area contributed by atoms with Gasteiger partial charge in [-0.1, -0.05) is 40.2 Å². The molecule has 4 nitrogen and oxygen atoms in total. The highest BCUT2D eigenvalue weighted by Gasteiger charge is 2.41. The van der Waals surface area contributed by atoms with E-state index in [1.54, 1.807) is 36.4 Å². The van der Waals surface area contributed by atoms with Crippen LogP contribution < -0.4 is 8.61 Å². The molecule has 0 saturated heterocycles. The maximum Gasteiger partial charge on any atom is 0.331 e. The predicted molar refractivity (Wildman–Crippen MR) is 94.1 cm³/mol. The zero-order valence-corrected chi connectivity index (χ0v) is 14.8. The molecule has 0 amide bonds. The van der Waals surface area contributed by atoms with Crippen LogP contribution in [0.15, 0.2) is 54.6 Å². The smallest absolute Gasteiger partial charge is 0.247 e. The van der Waals surface area contributed by atoms with Gasteiger partial charge < -0.3 is 0 Å². The maximum absolute atomic E-state index is 14.2. The molecule has 0 radical (unpaired) electrons. The van der Waals surface area contributed by atoms with E-state index in [1.807, 2.05) is 0 Å². The topological polar surface area (TPSA) is 40.6 Å². The highest BCUT2D eigenvalue weighted by molar-refractivity contribution is 9.09. The molecule has 24 heavy (non-hydrogen) atoms. The lowest BCUT2D eigenvalue weighted by atomic mass is 10.2. The van der Waals surface area contributed by atoms with Crippen LogP contribution in [0.4, 0.5) is 25.8 Å². The van der Waals surface area contributed by atoms with Gasteiger partial charge in [-0.15, -0.1) is 0 Å². The molecule has 126 valence electrons. The number of rotatable bonds is 4. The largest absolute Gasteiger partial charge is 0.331 e. The molecule has 0 spiro atoms. The number of anilines is 3. The molecule has 0 unspecified atom stereocenters. The van der Waals surface area contributed by atoms with E-state index < -0.39 is 21.8 Å². The van der Waals surface area contributed by atoms with Crippen molar-refractivity contribution in [2.75, 3.05) is 20.5 Å². The van der Waals surface area contributed by atoms with Gasteiger partial charge >= 0.3 is 10.2 Å². The van der Waals surface area contributed by atoms with Crippen molar-refractivity contribution < 1.29 is 17.2 Å². The normalized spacial score (nSPS) is 16.0. The highest BCUT2D eigenvalue weighted by atomic mass is 79.9. The lowest BCUT2D eigenvalue weighted by Crippen LogP contribution is -2.35. The molecule has 1 heterocycles. The second-order valence-corrected chi connectivity index (χ2v) is 7.36. The van der Waals surface area contributed by atoms with E-state index in [9.17, 15) is 17.2 Å². The standard InChI is InChI=1S/C16H13BrF2N2O2S/c17-9-3-4-10-20-15-5-1-2-6-16(15)21(24(20,22)23)14-8-7-12(18)11-13(14)19/h1-8,11H,9-10H2. The minimum atomic E-state index is -4.02. The number of para-hydroxylation sites is 2. The number of alkyl halides is 1. The Labute approximate surface area is 147 Å². The third-order valence-corrected chi connectivity index (χ3v) is 5.67. The highest BCUT2D eigenvalue weighted by Crippen LogP contribution is 2.45. The first-order chi connectivity index (χ1) is 11.5. The van der Waals surface area contributed by atoms with Crippen LogP contribution in [0, 0.1) is 11.6 Å². The zero-order valence-electron chi connectivity index (χ0n) is 12.4. The maximum atomic E-state index is 14.2. The molecule has 0 atom stereocenters. The van der Waals surface area contributed by atoms with E-state index in [-0.39, 0.29) is 12.2 Å². The molecule has 1 aliphatic heterocycles. The van der Waals surface area contributed by atoms with Crippen LogP contribution in [-0.2, 0) is 10.2 Å². The van der Waals surface area contributed by atoms with Crippen LogP contribution >= 0.6 is 15.9 Å². The lowest BCUT2D eigenvalue weighted by Gasteiger charge is -2.21. The Balaban J connectivity index is 2.15. The molecule has 2 aromatic carbocycles. The van der Waals surface area contributed by atoms with Crippen LogP contribution in [0.1, 0.15) is 0 Å². The summed E-state index contributed by atoms with van der Waals surface area (Å²) in [4.78, 5) is 0. The van der Waals surface area contributed by atoms with Crippen molar-refractivity contribution in [1.82, 2.24) is 0 Å². The minimum absolute atomic E-state index is 0.115. The summed E-state index contributed by atoms with van der Waals surface area (Å²) in [7, 11) is -4.02. The van der Waals surface area contributed by atoms with Crippen LogP contribution in [0.5, 0.6) is 0 Å². The number of hydrogen-bond donors (Lipinski definition) is 0. The van der Waals surface area contributed by atoms with Gasteiger partial charge in [0.2, 0.25) is 0 Å². The van der Waals surface area contributed by atoms with E-state index in [4.69, 9.17) is 0 Å². The molecule has 0 N–H and O–H groups in total. The quantitative estimate of drug-likeness (QED) is 0.557. The Morgan fingerprint density at radius 3 is 2.38 bits per heavy atom. The Hall–Kier alpha value is -1.93. The van der Waals surface area contributed by atoms with E-state index >= 15 is 0 Å². The fourth-order valence-corrected chi connectivity index (χ4v) is 4.46. The lowest BCUT2D eigenvalue weighted by molar-refractivity contribution is 0.579. The number of nitrogens with zero attached hydrogens (tertiary/aromatic N) is 2. The Morgan fingerprint density at radius 2 is 1.71 bits per heavy atom. The third kappa shape index (κ3) is 2.80. The summed E-state index contributed by atoms with van der Waals surface area (Å²) in [5.41, 5.74) is 0.562. The summed E-state index contributed by atoms with van der Waals surface area (Å²) in [5, 5.41) is 0.596. The van der Waals surface area contributed by atoms with Gasteiger partial charge in [0.25, 0.3) is 0 Å². The minimum Gasteiger partial charge on any atom is -0.247 e. The van der Waals surface area contributed by atoms with Gasteiger partial charge in [-0.05, 0) is 24.3 Å². The van der Waals surface area contributed by atoms with Crippen molar-refractivity contribution in [3.63, 3.8) is 0 Å². The van der Waals surface area contributed by atoms with Gasteiger partial charge in [0.05, 0.1) is 23.6 Å². The molecular weight excluding hydrogens is 402 g/mol. The van der Waals surface area contributed by atoms with Gasteiger partial charge in [-0.3, -0.25) is 0 Å². The van der Waals surface area contributed by atoms with E-state index in [0.29, 0.717) is 22.8 Å². The summed E-state index contributed by atoms with van der Waals surface area (Å²) in [5.74, 6) is -1.70. The fraction of sp³-hybridized carbons (Fsp3) is 0.125. The Kier molecular flexibility index (Phi) is 4.60. The van der Waals surface area contributed by atoms with Gasteiger partial charge in [-0.2, -0.15) is 8.42 Å². The van der Waals surface area contributed by atoms with Gasteiger partial charge in [0.15, 0.2) is 5.82 Å². The molecule has 3 rings (SSSR count). The summed E-state index contributed by atoms with van der Waals surface area (Å²) < 4.78 is 55.3. The molecule has 0 bridgehead atoms. The van der Waals surface area contributed by atoms with E-state index in [0.717, 1.165) is 16.4 Å². The first-order valence-corrected chi connectivity index (χ1v) is 9.56. The van der Waals surface area contributed by atoms with Crippen LogP contribution in [0.25, 0.3) is 0 Å². The third-order valence-electron chi connectivity index (χ3n) is 3.53. The fourth-order valence-electron chi connectivity index (χ4n) is 2.52. The summed E-state index contributed by atoms with van der Waals surface area (Å²) >= 11 is 3.23. The van der Waals surface area contributed by atoms with Crippen LogP contribution in [0.3, 0.4) is 0 Å². The summed E-state index contributed by atoms with van der Waals surface area (Å²) in [6.07, 6.45) is 3.48. The first kappa shape index (κ1) is 16.9. The van der Waals surface area contributed by atoms with Crippen molar-refractivity contribution in [3.8, 4) is 0 Å². The molecular formula is C16H13BrF2N2O2S. The average molecular weight is 415 g/mol. The first-order valence-electron chi connectivity index (χ1n) is 7.05. The SMILES string of the molecule is O=S1(=O)N(CC=CCBr)c2ccccc2N1c1ccc(F)cc1F. The second-order valence-electron chi connectivity index (χ2n) is 5.01. The summed E-state index contributed by atoms with van der Waals surface area (Å²) in [6, 6.07) is 9.43. The van der Waals surface area contributed by atoms with Crippen molar-refractivity contribution in [1.29, 1.82) is 0 Å². The number of fused-ring (bicyclic) bond motifs is 1. The molecule has 1 aliphatic rings. The molecule has 2 aromatic rings. The van der Waals surface area contributed by atoms with Gasteiger partial charge in [0, 0.05) is 11.4 Å². The van der Waals surface area contributed by atoms with Crippen LogP contribution in [-0.4, -0.2) is 20.3 Å². The van der Waals surface area contributed by atoms with Crippen molar-refractivity contribution >= 4 is 43.2 Å². The average Bonchev–Trinajstić information content (AvgIpc) is 2.76. The molecule has 0 saturated carbocycles. The van der Waals surface area contributed by atoms with E-state index in [2.05, 4.69) is 15.9 Å². The molecule has 0 aliphatic carbocycles. The van der Waals surface area contributed by atoms with Crippen molar-refractivity contribution in [3.05, 3.63) is 66.3 Å². The van der Waals surface area contributed by atoms with Gasteiger partial charge in [0.1, 0.15) is 5.82 Å². The monoisotopic (exact) mass is 414 g/mol. The second kappa shape index (κ2) is 6.52. The number of allylic oxidation sites excluding steroid dienone is 1. The Bertz CT molecular complexity index is 903. The van der Waals surface area contributed by atoms with Gasteiger partial charge in [-0.25, -0.2) is 17.4 Å². The van der Waals surface area contributed by atoms with Crippen molar-refractivity contribution in [2.24, 2.45) is 0 Å². The molecule has 8 heteroatoms. The number of benzene rings is 2. The Morgan fingerprint density at radius 1 is 1.00 bits per heavy atom. The number of hydrogen-bond acceptors (Lipinski definition) is 2. The number of halogens is 3. The van der Waals surface area contributed by atoms with E-state index in [1.165, 1.54) is 4.31 Å². The predicted octanol–water partition coefficient (Wildman–Crippen LogP) is 4.12. The molecule has 0 fully saturated rings. The summed E-state index contributed by atoms with van der Waals surface area (Å²) in [6.45, 7) is 0.115. The van der Waals surface area contributed by atoms with Crippen LogP contribution in [0.2, 0.25) is 0 Å². The zero-order chi connectivity index (χ0) is 17.3. The van der Waals surface area contributed by atoms with Crippen molar-refractivity contribution in [2.45, 2.75) is 0 Å².